The highest BCUT2D eigenvalue weighted by Gasteiger charge is 2.55. The van der Waals surface area contributed by atoms with Gasteiger partial charge in [-0.1, -0.05) is 43.2 Å². The monoisotopic (exact) mass is 370 g/mol. The lowest BCUT2D eigenvalue weighted by Gasteiger charge is -2.39. The molecule has 4 nitrogen and oxygen atoms in total. The van der Waals surface area contributed by atoms with Gasteiger partial charge < -0.3 is 14.9 Å². The molecule has 4 rings (SSSR count). The summed E-state index contributed by atoms with van der Waals surface area (Å²) < 4.78 is 0. The molecule has 2 aliphatic heterocycles. The van der Waals surface area contributed by atoms with Crippen molar-refractivity contribution in [2.75, 3.05) is 26.2 Å². The summed E-state index contributed by atoms with van der Waals surface area (Å²) in [5, 5.41) is 11.1. The lowest BCUT2D eigenvalue weighted by Crippen LogP contribution is -2.50. The molecule has 1 saturated carbocycles. The Kier molecular flexibility index (Phi) is 5.56. The van der Waals surface area contributed by atoms with Gasteiger partial charge in [-0.05, 0) is 63.6 Å². The lowest BCUT2D eigenvalue weighted by atomic mass is 9.77. The Hall–Kier alpha value is -1.39. The highest BCUT2D eigenvalue weighted by Crippen LogP contribution is 2.46. The molecule has 1 unspecified atom stereocenters. The summed E-state index contributed by atoms with van der Waals surface area (Å²) in [5.41, 5.74) is 0.466. The van der Waals surface area contributed by atoms with Crippen LogP contribution >= 0.6 is 0 Å². The first-order valence-electron chi connectivity index (χ1n) is 10.9. The number of piperidine rings is 1. The van der Waals surface area contributed by atoms with E-state index in [-0.39, 0.29) is 17.7 Å². The molecule has 27 heavy (non-hydrogen) atoms. The molecular formula is C23H34N2O2. The molecule has 3 aliphatic rings. The molecule has 3 fully saturated rings. The summed E-state index contributed by atoms with van der Waals surface area (Å²) >= 11 is 0. The Morgan fingerprint density at radius 2 is 1.78 bits per heavy atom. The predicted octanol–water partition coefficient (Wildman–Crippen LogP) is 3.30. The first kappa shape index (κ1) is 18.9. The molecule has 4 heteroatoms. The average Bonchev–Trinajstić information content (AvgIpc) is 2.89. The van der Waals surface area contributed by atoms with Crippen molar-refractivity contribution in [3.05, 3.63) is 35.9 Å². The fourth-order valence-corrected chi connectivity index (χ4v) is 5.56. The molecule has 2 heterocycles. The van der Waals surface area contributed by atoms with Crippen LogP contribution in [0.3, 0.4) is 0 Å². The molecule has 0 aromatic heterocycles. The number of carbonyl (C=O) groups excluding carboxylic acids is 1. The second-order valence-electron chi connectivity index (χ2n) is 9.06. The van der Waals surface area contributed by atoms with Crippen molar-refractivity contribution in [3.8, 4) is 0 Å². The first-order chi connectivity index (χ1) is 13.1. The van der Waals surface area contributed by atoms with E-state index < -0.39 is 5.72 Å². The van der Waals surface area contributed by atoms with Crippen LogP contribution in [-0.4, -0.2) is 52.7 Å². The van der Waals surface area contributed by atoms with E-state index in [1.54, 1.807) is 0 Å². The third kappa shape index (κ3) is 3.93. The fourth-order valence-electron chi connectivity index (χ4n) is 5.56. The van der Waals surface area contributed by atoms with Crippen LogP contribution in [0, 0.1) is 17.8 Å². The van der Waals surface area contributed by atoms with Crippen LogP contribution in [0.15, 0.2) is 30.3 Å². The van der Waals surface area contributed by atoms with Crippen LogP contribution in [0.5, 0.6) is 0 Å². The number of benzene rings is 1. The van der Waals surface area contributed by atoms with Crippen molar-refractivity contribution in [1.82, 2.24) is 9.80 Å². The number of rotatable bonds is 5. The van der Waals surface area contributed by atoms with Gasteiger partial charge in [0.15, 0.2) is 0 Å². The van der Waals surface area contributed by atoms with Gasteiger partial charge in [0.1, 0.15) is 5.72 Å². The third-order valence-electron chi connectivity index (χ3n) is 7.31. The molecule has 148 valence electrons. The van der Waals surface area contributed by atoms with Crippen molar-refractivity contribution in [3.63, 3.8) is 0 Å². The van der Waals surface area contributed by atoms with E-state index in [2.05, 4.69) is 35.2 Å². The van der Waals surface area contributed by atoms with Gasteiger partial charge in [0, 0.05) is 24.9 Å². The van der Waals surface area contributed by atoms with Crippen molar-refractivity contribution in [2.24, 2.45) is 17.8 Å². The van der Waals surface area contributed by atoms with Crippen LogP contribution < -0.4 is 0 Å². The molecular weight excluding hydrogens is 336 g/mol. The number of amides is 1. The summed E-state index contributed by atoms with van der Waals surface area (Å²) in [7, 11) is 0. The molecule has 0 radical (unpaired) electrons. The van der Waals surface area contributed by atoms with E-state index in [9.17, 15) is 9.90 Å². The minimum Gasteiger partial charge on any atom is -0.371 e. The Labute approximate surface area is 163 Å². The van der Waals surface area contributed by atoms with Gasteiger partial charge in [-0.2, -0.15) is 0 Å². The van der Waals surface area contributed by atoms with Crippen molar-refractivity contribution in [1.29, 1.82) is 0 Å². The summed E-state index contributed by atoms with van der Waals surface area (Å²) in [6.07, 6.45) is 7.61. The fraction of sp³-hybridized carbons (Fsp3) is 0.696. The van der Waals surface area contributed by atoms with Gasteiger partial charge in [0.25, 0.3) is 0 Å². The van der Waals surface area contributed by atoms with Crippen LogP contribution in [0.4, 0.5) is 0 Å². The van der Waals surface area contributed by atoms with Gasteiger partial charge in [0.2, 0.25) is 5.91 Å². The van der Waals surface area contributed by atoms with Crippen LogP contribution in [0.1, 0.15) is 51.0 Å². The van der Waals surface area contributed by atoms with Crippen molar-refractivity contribution in [2.45, 2.75) is 57.6 Å². The smallest absolute Gasteiger partial charge is 0.228 e. The highest BCUT2D eigenvalue weighted by atomic mass is 16.3. The summed E-state index contributed by atoms with van der Waals surface area (Å²) in [5.74, 6) is 0.953. The van der Waals surface area contributed by atoms with Crippen molar-refractivity contribution >= 4 is 5.91 Å². The molecule has 0 bridgehead atoms. The van der Waals surface area contributed by atoms with Gasteiger partial charge in [-0.15, -0.1) is 0 Å². The Bertz CT molecular complexity index is 637. The van der Waals surface area contributed by atoms with Gasteiger partial charge in [0.05, 0.1) is 0 Å². The molecule has 1 aromatic rings. The average molecular weight is 371 g/mol. The number of fused-ring (bicyclic) bond motifs is 1. The van der Waals surface area contributed by atoms with E-state index in [4.69, 9.17) is 0 Å². The highest BCUT2D eigenvalue weighted by molar-refractivity contribution is 5.82. The van der Waals surface area contributed by atoms with Crippen LogP contribution in [0.25, 0.3) is 0 Å². The minimum atomic E-state index is -0.938. The Morgan fingerprint density at radius 1 is 1.07 bits per heavy atom. The zero-order valence-electron chi connectivity index (χ0n) is 16.6. The molecule has 1 aliphatic carbocycles. The summed E-state index contributed by atoms with van der Waals surface area (Å²) in [6, 6.07) is 10.7. The van der Waals surface area contributed by atoms with Crippen LogP contribution in [0.2, 0.25) is 0 Å². The zero-order valence-corrected chi connectivity index (χ0v) is 16.6. The molecule has 1 amide bonds. The lowest BCUT2D eigenvalue weighted by molar-refractivity contribution is -0.149. The summed E-state index contributed by atoms with van der Waals surface area (Å²) in [6.45, 7) is 5.95. The van der Waals surface area contributed by atoms with Crippen LogP contribution in [-0.2, 0) is 11.2 Å². The topological polar surface area (TPSA) is 43.8 Å². The normalized spacial score (nSPS) is 32.7. The summed E-state index contributed by atoms with van der Waals surface area (Å²) in [4.78, 5) is 17.3. The van der Waals surface area contributed by atoms with Gasteiger partial charge >= 0.3 is 0 Å². The van der Waals surface area contributed by atoms with E-state index in [0.717, 1.165) is 71.1 Å². The zero-order chi connectivity index (χ0) is 18.9. The quantitative estimate of drug-likeness (QED) is 0.865. The SMILES string of the molecule is CC1(O)[C@@H]2CCCC[C@@H]2C(=O)N1CC1CCN(CCc2ccccc2)CC1. The molecule has 3 atom stereocenters. The second-order valence-corrected chi connectivity index (χ2v) is 9.06. The third-order valence-corrected chi connectivity index (χ3v) is 7.31. The van der Waals surface area contributed by atoms with E-state index in [1.807, 2.05) is 11.8 Å². The maximum absolute atomic E-state index is 12.9. The number of likely N-dealkylation sites (tertiary alicyclic amines) is 2. The van der Waals surface area contributed by atoms with E-state index in [1.165, 1.54) is 5.56 Å². The molecule has 1 N–H and O–H groups in total. The number of hydrogen-bond donors (Lipinski definition) is 1. The maximum Gasteiger partial charge on any atom is 0.228 e. The second kappa shape index (κ2) is 7.92. The molecule has 1 aromatic carbocycles. The predicted molar refractivity (Wildman–Crippen MR) is 107 cm³/mol. The first-order valence-corrected chi connectivity index (χ1v) is 10.9. The Balaban J connectivity index is 1.28. The van der Waals surface area contributed by atoms with Gasteiger partial charge in [-0.25, -0.2) is 0 Å². The maximum atomic E-state index is 12.9. The standard InChI is InChI=1S/C23H34N2O2/c1-23(27)21-10-6-5-9-20(21)22(26)25(23)17-19-12-15-24(16-13-19)14-11-18-7-3-2-4-8-18/h2-4,7-8,19-21,27H,5-6,9-17H2,1H3/t20-,21+,23?/m0/s1. The Morgan fingerprint density at radius 3 is 2.48 bits per heavy atom. The minimum absolute atomic E-state index is 0.0692. The number of nitrogens with zero attached hydrogens (tertiary/aromatic N) is 2. The number of aliphatic hydroxyl groups is 1. The number of hydrogen-bond acceptors (Lipinski definition) is 3. The van der Waals surface area contributed by atoms with Gasteiger partial charge in [-0.3, -0.25) is 4.79 Å². The van der Waals surface area contributed by atoms with E-state index in [0.29, 0.717) is 5.92 Å². The number of carbonyl (C=O) groups is 1. The van der Waals surface area contributed by atoms with Crippen molar-refractivity contribution < 1.29 is 9.90 Å². The van der Waals surface area contributed by atoms with E-state index >= 15 is 0 Å². The molecule has 2 saturated heterocycles. The molecule has 0 spiro atoms. The largest absolute Gasteiger partial charge is 0.371 e.